The molecule has 0 atom stereocenters. The average molecular weight is 511 g/mol. The van der Waals surface area contributed by atoms with Gasteiger partial charge in [0, 0.05) is 17.5 Å². The third-order valence-electron chi connectivity index (χ3n) is 7.55. The summed E-state index contributed by atoms with van der Waals surface area (Å²) in [6.07, 6.45) is 8.79. The SMILES string of the molecule is C[C@]1(C(N)=O)CC[C@@H](n2c(Nc3c(F)cc(C#N)cc3Cl)nc3cnc(NC4CCCC4)nc32)CC1. The Morgan fingerprint density at radius 2 is 1.97 bits per heavy atom. The standard InChI is InChI=1S/C25H28ClFN8O/c1-25(22(29)36)8-6-16(7-9-25)35-21-19(13-30-23(34-21)31-15-4-2-3-5-15)32-24(35)33-20-17(26)10-14(12-28)11-18(20)27/h10-11,13,15-16H,2-9H2,1H3,(H2,29,36)(H,32,33)(H,30,31,34)/t16-,25+. The molecule has 2 aliphatic rings. The van der Waals surface area contributed by atoms with Crippen LogP contribution in [0.1, 0.15) is 69.9 Å². The number of amides is 1. The van der Waals surface area contributed by atoms with Crippen molar-refractivity contribution in [3.05, 3.63) is 34.7 Å². The fourth-order valence-electron chi connectivity index (χ4n) is 5.26. The summed E-state index contributed by atoms with van der Waals surface area (Å²) in [5.74, 6) is -0.0538. The summed E-state index contributed by atoms with van der Waals surface area (Å²) in [7, 11) is 0. The highest BCUT2D eigenvalue weighted by Crippen LogP contribution is 2.43. The van der Waals surface area contributed by atoms with E-state index in [0.29, 0.717) is 54.8 Å². The number of aromatic nitrogens is 4. The smallest absolute Gasteiger partial charge is 0.224 e. The Morgan fingerprint density at radius 1 is 1.25 bits per heavy atom. The molecule has 2 aliphatic carbocycles. The van der Waals surface area contributed by atoms with Crippen LogP contribution in [-0.4, -0.2) is 31.5 Å². The van der Waals surface area contributed by atoms with Crippen molar-refractivity contribution < 1.29 is 9.18 Å². The number of nitrogens with zero attached hydrogens (tertiary/aromatic N) is 5. The second-order valence-electron chi connectivity index (χ2n) is 10.0. The van der Waals surface area contributed by atoms with Gasteiger partial charge in [-0.05, 0) is 50.7 Å². The van der Waals surface area contributed by atoms with Crippen molar-refractivity contribution in [2.45, 2.75) is 70.4 Å². The molecule has 0 bridgehead atoms. The Bertz CT molecular complexity index is 1330. The minimum absolute atomic E-state index is 0.0299. The summed E-state index contributed by atoms with van der Waals surface area (Å²) in [5.41, 5.74) is 6.43. The summed E-state index contributed by atoms with van der Waals surface area (Å²) in [6, 6.07) is 4.73. The maximum atomic E-state index is 14.9. The Labute approximate surface area is 213 Å². The number of carbonyl (C=O) groups excluding carboxylic acids is 1. The van der Waals surface area contributed by atoms with Crippen LogP contribution in [0.2, 0.25) is 5.02 Å². The van der Waals surface area contributed by atoms with E-state index in [2.05, 4.69) is 20.6 Å². The van der Waals surface area contributed by atoms with E-state index in [0.717, 1.165) is 18.9 Å². The van der Waals surface area contributed by atoms with Gasteiger partial charge in [-0.1, -0.05) is 31.4 Å². The van der Waals surface area contributed by atoms with Gasteiger partial charge in [-0.25, -0.2) is 14.4 Å². The third-order valence-corrected chi connectivity index (χ3v) is 7.85. The summed E-state index contributed by atoms with van der Waals surface area (Å²) in [5, 5.41) is 15.7. The molecule has 2 aromatic heterocycles. The molecular formula is C25H28ClFN8O. The fraction of sp³-hybridized carbons (Fsp3) is 0.480. The number of hydrogen-bond donors (Lipinski definition) is 3. The number of nitrogens with two attached hydrogens (primary N) is 1. The highest BCUT2D eigenvalue weighted by Gasteiger charge is 2.38. The predicted octanol–water partition coefficient (Wildman–Crippen LogP) is 5.20. The van der Waals surface area contributed by atoms with Gasteiger partial charge < -0.3 is 16.4 Å². The Morgan fingerprint density at radius 3 is 2.61 bits per heavy atom. The molecule has 3 aromatic rings. The van der Waals surface area contributed by atoms with Crippen LogP contribution >= 0.6 is 11.6 Å². The molecule has 2 heterocycles. The number of benzene rings is 1. The van der Waals surface area contributed by atoms with E-state index in [-0.39, 0.29) is 28.2 Å². The van der Waals surface area contributed by atoms with Crippen LogP contribution < -0.4 is 16.4 Å². The summed E-state index contributed by atoms with van der Waals surface area (Å²) >= 11 is 6.31. The van der Waals surface area contributed by atoms with E-state index in [4.69, 9.17) is 27.6 Å². The summed E-state index contributed by atoms with van der Waals surface area (Å²) < 4.78 is 16.8. The number of nitriles is 1. The number of primary amides is 1. The Balaban J connectivity index is 1.55. The molecule has 2 saturated carbocycles. The first-order valence-electron chi connectivity index (χ1n) is 12.2. The lowest BCUT2D eigenvalue weighted by Crippen LogP contribution is -2.38. The highest BCUT2D eigenvalue weighted by atomic mass is 35.5. The molecule has 11 heteroatoms. The van der Waals surface area contributed by atoms with E-state index in [1.54, 1.807) is 6.20 Å². The van der Waals surface area contributed by atoms with Gasteiger partial charge in [0.15, 0.2) is 5.65 Å². The van der Waals surface area contributed by atoms with Gasteiger partial charge in [0.05, 0.1) is 28.5 Å². The van der Waals surface area contributed by atoms with Crippen LogP contribution in [0, 0.1) is 22.6 Å². The fourth-order valence-corrected chi connectivity index (χ4v) is 5.52. The monoisotopic (exact) mass is 510 g/mol. The Hall–Kier alpha value is -3.45. The van der Waals surface area contributed by atoms with Gasteiger partial charge in [0.2, 0.25) is 17.8 Å². The zero-order valence-corrected chi connectivity index (χ0v) is 20.8. The number of imidazole rings is 1. The summed E-state index contributed by atoms with van der Waals surface area (Å²) in [4.78, 5) is 25.9. The lowest BCUT2D eigenvalue weighted by molar-refractivity contribution is -0.128. The third kappa shape index (κ3) is 4.55. The number of carbonyl (C=O) groups is 1. The van der Waals surface area contributed by atoms with Crippen molar-refractivity contribution in [2.24, 2.45) is 11.1 Å². The van der Waals surface area contributed by atoms with Crippen molar-refractivity contribution in [2.75, 3.05) is 10.6 Å². The minimum Gasteiger partial charge on any atom is -0.369 e. The number of anilines is 3. The number of nitrogens with one attached hydrogen (secondary N) is 2. The van der Waals surface area contributed by atoms with E-state index >= 15 is 0 Å². The second kappa shape index (κ2) is 9.54. The van der Waals surface area contributed by atoms with E-state index in [1.165, 1.54) is 18.9 Å². The molecule has 0 spiro atoms. The van der Waals surface area contributed by atoms with Crippen LogP contribution in [-0.2, 0) is 4.79 Å². The highest BCUT2D eigenvalue weighted by molar-refractivity contribution is 6.33. The molecule has 0 saturated heterocycles. The van der Waals surface area contributed by atoms with Gasteiger partial charge in [-0.3, -0.25) is 9.36 Å². The molecule has 2 fully saturated rings. The van der Waals surface area contributed by atoms with Crippen molar-refractivity contribution in [3.63, 3.8) is 0 Å². The molecule has 0 aliphatic heterocycles. The van der Waals surface area contributed by atoms with Crippen LogP contribution in [0.3, 0.4) is 0 Å². The maximum absolute atomic E-state index is 14.9. The quantitative estimate of drug-likeness (QED) is 0.415. The zero-order chi connectivity index (χ0) is 25.4. The molecule has 188 valence electrons. The molecular weight excluding hydrogens is 483 g/mol. The first-order chi connectivity index (χ1) is 17.3. The predicted molar refractivity (Wildman–Crippen MR) is 135 cm³/mol. The molecule has 36 heavy (non-hydrogen) atoms. The van der Waals surface area contributed by atoms with Crippen molar-refractivity contribution in [1.29, 1.82) is 5.26 Å². The van der Waals surface area contributed by atoms with E-state index < -0.39 is 11.2 Å². The molecule has 4 N–H and O–H groups in total. The zero-order valence-electron chi connectivity index (χ0n) is 20.0. The minimum atomic E-state index is -0.655. The van der Waals surface area contributed by atoms with Crippen molar-refractivity contribution in [1.82, 2.24) is 19.5 Å². The van der Waals surface area contributed by atoms with Crippen LogP contribution in [0.4, 0.5) is 22.0 Å². The van der Waals surface area contributed by atoms with Gasteiger partial charge in [0.1, 0.15) is 11.3 Å². The lowest BCUT2D eigenvalue weighted by Gasteiger charge is -2.35. The maximum Gasteiger partial charge on any atom is 0.224 e. The van der Waals surface area contributed by atoms with Crippen molar-refractivity contribution >= 4 is 46.3 Å². The molecule has 0 unspecified atom stereocenters. The lowest BCUT2D eigenvalue weighted by atomic mass is 9.73. The number of hydrogen-bond acceptors (Lipinski definition) is 7. The van der Waals surface area contributed by atoms with Crippen LogP contribution in [0.25, 0.3) is 11.2 Å². The van der Waals surface area contributed by atoms with Crippen LogP contribution in [0.15, 0.2) is 18.3 Å². The normalized spacial score (nSPS) is 22.4. The topological polar surface area (TPSA) is 135 Å². The number of halogens is 2. The molecule has 1 amide bonds. The van der Waals surface area contributed by atoms with Crippen LogP contribution in [0.5, 0.6) is 0 Å². The van der Waals surface area contributed by atoms with Gasteiger partial charge in [-0.2, -0.15) is 10.2 Å². The summed E-state index contributed by atoms with van der Waals surface area (Å²) in [6.45, 7) is 1.90. The second-order valence-corrected chi connectivity index (χ2v) is 10.4. The van der Waals surface area contributed by atoms with Gasteiger partial charge in [-0.15, -0.1) is 0 Å². The van der Waals surface area contributed by atoms with Gasteiger partial charge >= 0.3 is 0 Å². The molecule has 9 nitrogen and oxygen atoms in total. The average Bonchev–Trinajstić information content (AvgIpc) is 3.49. The number of rotatable bonds is 6. The molecule has 0 radical (unpaired) electrons. The molecule has 5 rings (SSSR count). The number of fused-ring (bicyclic) bond motifs is 1. The van der Waals surface area contributed by atoms with E-state index in [1.807, 2.05) is 17.6 Å². The molecule has 1 aromatic carbocycles. The first kappa shape index (κ1) is 24.3. The van der Waals surface area contributed by atoms with E-state index in [9.17, 15) is 9.18 Å². The van der Waals surface area contributed by atoms with Gasteiger partial charge in [0.25, 0.3) is 0 Å². The largest absolute Gasteiger partial charge is 0.369 e. The first-order valence-corrected chi connectivity index (χ1v) is 12.6. The van der Waals surface area contributed by atoms with Crippen molar-refractivity contribution in [3.8, 4) is 6.07 Å². The Kier molecular flexibility index (Phi) is 6.43.